The number of hydrogen-bond acceptors (Lipinski definition) is 3. The third kappa shape index (κ3) is 5.71. The van der Waals surface area contributed by atoms with Crippen molar-refractivity contribution >= 4 is 35.8 Å². The predicted molar refractivity (Wildman–Crippen MR) is 120 cm³/mol. The molecule has 4 rings (SSSR count). The Morgan fingerprint density at radius 3 is 2.07 bits per heavy atom. The quantitative estimate of drug-likeness (QED) is 0.352. The number of amides is 1. The van der Waals surface area contributed by atoms with E-state index >= 15 is 0 Å². The molecule has 0 spiro atoms. The maximum absolute atomic E-state index is 12.3. The summed E-state index contributed by atoms with van der Waals surface area (Å²) in [7, 11) is 1.90. The fourth-order valence-electron chi connectivity index (χ4n) is 4.68. The molecule has 7 heteroatoms. The highest BCUT2D eigenvalue weighted by Crippen LogP contribution is 2.48. The number of carbonyl (C=O) groups is 1. The fraction of sp³-hybridized carbons (Fsp3) is 0.900. The first-order valence-electron chi connectivity index (χ1n) is 10.7. The van der Waals surface area contributed by atoms with Crippen molar-refractivity contribution in [1.29, 1.82) is 0 Å². The summed E-state index contributed by atoms with van der Waals surface area (Å²) in [5, 5.41) is 3.66. The van der Waals surface area contributed by atoms with Gasteiger partial charge in [-0.25, -0.2) is 0 Å². The fourth-order valence-corrected chi connectivity index (χ4v) is 4.68. The van der Waals surface area contributed by atoms with Gasteiger partial charge in [0.25, 0.3) is 0 Å². The normalized spacial score (nSPS) is 24.3. The molecule has 1 N–H and O–H groups in total. The second-order valence-corrected chi connectivity index (χ2v) is 8.62. The summed E-state index contributed by atoms with van der Waals surface area (Å²) in [6.45, 7) is 7.43. The van der Waals surface area contributed by atoms with E-state index in [1.165, 1.54) is 38.5 Å². The average molecular weight is 489 g/mol. The first-order chi connectivity index (χ1) is 12.7. The van der Waals surface area contributed by atoms with Crippen LogP contribution in [-0.2, 0) is 4.79 Å². The molecule has 4 aliphatic rings. The Bertz CT molecular complexity index is 508. The van der Waals surface area contributed by atoms with Crippen molar-refractivity contribution in [3.8, 4) is 0 Å². The van der Waals surface area contributed by atoms with Crippen molar-refractivity contribution in [2.75, 3.05) is 59.4 Å². The van der Waals surface area contributed by atoms with Gasteiger partial charge in [0.15, 0.2) is 5.96 Å². The van der Waals surface area contributed by atoms with Crippen LogP contribution in [0.3, 0.4) is 0 Å². The molecule has 27 heavy (non-hydrogen) atoms. The SMILES string of the molecule is CN=C(NCC(C1CC1)C1CC1)N1CCN(CC(=O)N2CCCC2)CC1.I. The highest BCUT2D eigenvalue weighted by atomic mass is 127. The molecular weight excluding hydrogens is 453 g/mol. The summed E-state index contributed by atoms with van der Waals surface area (Å²) in [5.74, 6) is 4.19. The molecule has 0 aromatic heterocycles. The number of halogens is 1. The lowest BCUT2D eigenvalue weighted by Gasteiger charge is -2.37. The zero-order chi connectivity index (χ0) is 17.9. The molecule has 2 saturated carbocycles. The zero-order valence-electron chi connectivity index (χ0n) is 16.7. The lowest BCUT2D eigenvalue weighted by atomic mass is 9.98. The minimum absolute atomic E-state index is 0. The number of nitrogens with zero attached hydrogens (tertiary/aromatic N) is 4. The van der Waals surface area contributed by atoms with E-state index in [-0.39, 0.29) is 24.0 Å². The first-order valence-corrected chi connectivity index (χ1v) is 10.7. The van der Waals surface area contributed by atoms with Crippen LogP contribution in [-0.4, -0.2) is 86.0 Å². The minimum atomic E-state index is 0. The average Bonchev–Trinajstić information content (AvgIpc) is 3.60. The topological polar surface area (TPSA) is 51.2 Å². The Labute approximate surface area is 181 Å². The Balaban J connectivity index is 0.00000210. The summed E-state index contributed by atoms with van der Waals surface area (Å²) in [6.07, 6.45) is 8.08. The van der Waals surface area contributed by atoms with Crippen LogP contribution >= 0.6 is 24.0 Å². The Kier molecular flexibility index (Phi) is 7.65. The molecule has 154 valence electrons. The first kappa shape index (κ1) is 21.1. The van der Waals surface area contributed by atoms with Crippen molar-refractivity contribution in [1.82, 2.24) is 20.0 Å². The number of aliphatic imine (C=N–C) groups is 1. The van der Waals surface area contributed by atoms with Crippen molar-refractivity contribution in [2.24, 2.45) is 22.7 Å². The maximum atomic E-state index is 12.3. The maximum Gasteiger partial charge on any atom is 0.236 e. The van der Waals surface area contributed by atoms with E-state index < -0.39 is 0 Å². The molecule has 1 amide bonds. The molecule has 2 aliphatic carbocycles. The highest BCUT2D eigenvalue weighted by molar-refractivity contribution is 14.0. The molecule has 2 saturated heterocycles. The molecule has 0 unspecified atom stereocenters. The van der Waals surface area contributed by atoms with Crippen LogP contribution in [0.4, 0.5) is 0 Å². The van der Waals surface area contributed by atoms with E-state index in [1.54, 1.807) is 0 Å². The lowest BCUT2D eigenvalue weighted by molar-refractivity contribution is -0.131. The van der Waals surface area contributed by atoms with Crippen molar-refractivity contribution < 1.29 is 4.79 Å². The number of carbonyl (C=O) groups excluding carboxylic acids is 1. The molecule has 2 aliphatic heterocycles. The molecule has 0 aromatic carbocycles. The van der Waals surface area contributed by atoms with Crippen LogP contribution in [0.5, 0.6) is 0 Å². The smallest absolute Gasteiger partial charge is 0.236 e. The molecule has 0 radical (unpaired) electrons. The number of likely N-dealkylation sites (tertiary alicyclic amines) is 1. The number of hydrogen-bond donors (Lipinski definition) is 1. The van der Waals surface area contributed by atoms with E-state index in [0.29, 0.717) is 12.5 Å². The lowest BCUT2D eigenvalue weighted by Crippen LogP contribution is -2.54. The summed E-state index contributed by atoms with van der Waals surface area (Å²) < 4.78 is 0. The van der Waals surface area contributed by atoms with Crippen LogP contribution in [0.15, 0.2) is 4.99 Å². The monoisotopic (exact) mass is 489 g/mol. The van der Waals surface area contributed by atoms with Gasteiger partial charge in [0.2, 0.25) is 5.91 Å². The molecule has 6 nitrogen and oxygen atoms in total. The van der Waals surface area contributed by atoms with Crippen LogP contribution in [0.2, 0.25) is 0 Å². The van der Waals surface area contributed by atoms with Gasteiger partial charge in [-0.2, -0.15) is 0 Å². The number of rotatable bonds is 6. The van der Waals surface area contributed by atoms with E-state index in [1.807, 2.05) is 11.9 Å². The van der Waals surface area contributed by atoms with Gasteiger partial charge in [-0.3, -0.25) is 14.7 Å². The number of piperazine rings is 1. The molecule has 0 bridgehead atoms. The van der Waals surface area contributed by atoms with Crippen molar-refractivity contribution in [2.45, 2.75) is 38.5 Å². The Morgan fingerprint density at radius 1 is 0.963 bits per heavy atom. The van der Waals surface area contributed by atoms with Crippen LogP contribution in [0, 0.1) is 17.8 Å². The van der Waals surface area contributed by atoms with Gasteiger partial charge in [0, 0.05) is 52.9 Å². The van der Waals surface area contributed by atoms with Crippen molar-refractivity contribution in [3.05, 3.63) is 0 Å². The van der Waals surface area contributed by atoms with E-state index in [4.69, 9.17) is 0 Å². The van der Waals surface area contributed by atoms with Crippen molar-refractivity contribution in [3.63, 3.8) is 0 Å². The van der Waals surface area contributed by atoms with Crippen LogP contribution in [0.1, 0.15) is 38.5 Å². The summed E-state index contributed by atoms with van der Waals surface area (Å²) >= 11 is 0. The molecule has 2 heterocycles. The summed E-state index contributed by atoms with van der Waals surface area (Å²) in [4.78, 5) is 23.6. The molecule has 4 fully saturated rings. The van der Waals surface area contributed by atoms with Crippen LogP contribution < -0.4 is 5.32 Å². The second kappa shape index (κ2) is 9.76. The van der Waals surface area contributed by atoms with E-state index in [0.717, 1.165) is 69.5 Å². The van der Waals surface area contributed by atoms with Gasteiger partial charge in [0.05, 0.1) is 6.54 Å². The number of guanidine groups is 1. The highest BCUT2D eigenvalue weighted by Gasteiger charge is 2.41. The minimum Gasteiger partial charge on any atom is -0.356 e. The summed E-state index contributed by atoms with van der Waals surface area (Å²) in [5.41, 5.74) is 0. The Morgan fingerprint density at radius 2 is 1.56 bits per heavy atom. The zero-order valence-corrected chi connectivity index (χ0v) is 19.1. The van der Waals surface area contributed by atoms with Gasteiger partial charge in [-0.05, 0) is 56.3 Å². The van der Waals surface area contributed by atoms with E-state index in [9.17, 15) is 4.79 Å². The van der Waals surface area contributed by atoms with E-state index in [2.05, 4.69) is 20.1 Å². The van der Waals surface area contributed by atoms with Gasteiger partial charge in [0.1, 0.15) is 0 Å². The second-order valence-electron chi connectivity index (χ2n) is 8.62. The number of nitrogens with one attached hydrogen (secondary N) is 1. The third-order valence-electron chi connectivity index (χ3n) is 6.65. The van der Waals surface area contributed by atoms with Gasteiger partial charge in [-0.15, -0.1) is 24.0 Å². The third-order valence-corrected chi connectivity index (χ3v) is 6.65. The standard InChI is InChI=1S/C20H35N5O.HI/c1-21-20(22-14-18(16-4-5-16)17-6-7-17)25-12-10-23(11-13-25)15-19(26)24-8-2-3-9-24;/h16-18H,2-15H2,1H3,(H,21,22);1H. The Hall–Kier alpha value is -0.570. The summed E-state index contributed by atoms with van der Waals surface area (Å²) in [6, 6.07) is 0. The van der Waals surface area contributed by atoms with Gasteiger partial charge in [-0.1, -0.05) is 0 Å². The molecule has 0 aromatic rings. The predicted octanol–water partition coefficient (Wildman–Crippen LogP) is 1.86. The molecule has 0 atom stereocenters. The largest absolute Gasteiger partial charge is 0.356 e. The van der Waals surface area contributed by atoms with Gasteiger partial charge < -0.3 is 15.1 Å². The molecular formula is C20H36IN5O. The van der Waals surface area contributed by atoms with Gasteiger partial charge >= 0.3 is 0 Å². The van der Waals surface area contributed by atoms with Crippen LogP contribution in [0.25, 0.3) is 0 Å².